The molecule has 0 saturated carbocycles. The number of aromatic nitrogens is 2. The first kappa shape index (κ1) is 13.7. The normalized spacial score (nSPS) is 10.3. The molecule has 1 N–H and O–H groups in total. The standard InChI is InChI=1S/C13H14N4O3/c1-9-11(4-3-5-12(9)17(19)20)13(18)14-8-10-6-7-16(2)15-10/h3-7H,8H2,1-2H3,(H,14,18). The number of rotatable bonds is 4. The number of nitrogens with one attached hydrogen (secondary N) is 1. The van der Waals surface area contributed by atoms with Gasteiger partial charge in [-0.15, -0.1) is 0 Å². The van der Waals surface area contributed by atoms with Crippen LogP contribution in [0.15, 0.2) is 30.5 Å². The molecular formula is C13H14N4O3. The first-order chi connectivity index (χ1) is 9.49. The van der Waals surface area contributed by atoms with E-state index in [1.165, 1.54) is 12.1 Å². The highest BCUT2D eigenvalue weighted by Gasteiger charge is 2.17. The lowest BCUT2D eigenvalue weighted by Crippen LogP contribution is -2.24. The van der Waals surface area contributed by atoms with Crippen LogP contribution in [0.1, 0.15) is 21.6 Å². The van der Waals surface area contributed by atoms with Gasteiger partial charge in [0.25, 0.3) is 11.6 Å². The Morgan fingerprint density at radius 1 is 1.45 bits per heavy atom. The summed E-state index contributed by atoms with van der Waals surface area (Å²) in [5.41, 5.74) is 1.32. The van der Waals surface area contributed by atoms with Gasteiger partial charge in [-0.05, 0) is 19.1 Å². The molecular weight excluding hydrogens is 260 g/mol. The predicted molar refractivity (Wildman–Crippen MR) is 72.2 cm³/mol. The van der Waals surface area contributed by atoms with E-state index in [9.17, 15) is 14.9 Å². The molecule has 0 unspecified atom stereocenters. The Morgan fingerprint density at radius 2 is 2.20 bits per heavy atom. The lowest BCUT2D eigenvalue weighted by Gasteiger charge is -2.06. The molecule has 7 nitrogen and oxygen atoms in total. The molecule has 0 aliphatic heterocycles. The summed E-state index contributed by atoms with van der Waals surface area (Å²) in [5.74, 6) is -0.350. The Bertz CT molecular complexity index is 663. The van der Waals surface area contributed by atoms with Gasteiger partial charge < -0.3 is 5.32 Å². The predicted octanol–water partition coefficient (Wildman–Crippen LogP) is 1.57. The topological polar surface area (TPSA) is 90.1 Å². The Kier molecular flexibility index (Phi) is 3.79. The maximum atomic E-state index is 12.1. The maximum Gasteiger partial charge on any atom is 0.273 e. The summed E-state index contributed by atoms with van der Waals surface area (Å²) in [7, 11) is 1.79. The van der Waals surface area contributed by atoms with E-state index in [4.69, 9.17) is 0 Å². The number of nitrogens with zero attached hydrogens (tertiary/aromatic N) is 3. The summed E-state index contributed by atoms with van der Waals surface area (Å²) in [6.07, 6.45) is 1.78. The van der Waals surface area contributed by atoms with Crippen LogP contribution in [-0.2, 0) is 13.6 Å². The van der Waals surface area contributed by atoms with Crippen molar-refractivity contribution >= 4 is 11.6 Å². The van der Waals surface area contributed by atoms with Crippen LogP contribution >= 0.6 is 0 Å². The largest absolute Gasteiger partial charge is 0.346 e. The van der Waals surface area contributed by atoms with Gasteiger partial charge in [0, 0.05) is 30.4 Å². The zero-order valence-electron chi connectivity index (χ0n) is 11.2. The van der Waals surface area contributed by atoms with Crippen LogP contribution in [0.5, 0.6) is 0 Å². The molecule has 0 fully saturated rings. The summed E-state index contributed by atoms with van der Waals surface area (Å²) in [4.78, 5) is 22.4. The van der Waals surface area contributed by atoms with E-state index >= 15 is 0 Å². The lowest BCUT2D eigenvalue weighted by atomic mass is 10.1. The van der Waals surface area contributed by atoms with Crippen molar-refractivity contribution in [2.75, 3.05) is 0 Å². The third kappa shape index (κ3) is 2.82. The number of carbonyl (C=O) groups is 1. The van der Waals surface area contributed by atoms with Gasteiger partial charge in [0.15, 0.2) is 0 Å². The van der Waals surface area contributed by atoms with E-state index < -0.39 is 4.92 Å². The van der Waals surface area contributed by atoms with Gasteiger partial charge in [0.2, 0.25) is 0 Å². The van der Waals surface area contributed by atoms with Crippen molar-refractivity contribution in [2.24, 2.45) is 7.05 Å². The smallest absolute Gasteiger partial charge is 0.273 e. The van der Waals surface area contributed by atoms with Crippen LogP contribution in [-0.4, -0.2) is 20.6 Å². The number of hydrogen-bond donors (Lipinski definition) is 1. The van der Waals surface area contributed by atoms with Crippen molar-refractivity contribution in [2.45, 2.75) is 13.5 Å². The van der Waals surface area contributed by atoms with E-state index in [2.05, 4.69) is 10.4 Å². The highest BCUT2D eigenvalue weighted by molar-refractivity contribution is 5.96. The van der Waals surface area contributed by atoms with E-state index in [-0.39, 0.29) is 18.1 Å². The summed E-state index contributed by atoms with van der Waals surface area (Å²) >= 11 is 0. The van der Waals surface area contributed by atoms with Crippen LogP contribution in [0.4, 0.5) is 5.69 Å². The van der Waals surface area contributed by atoms with E-state index in [0.717, 1.165) is 5.69 Å². The number of nitro groups is 1. The van der Waals surface area contributed by atoms with Crippen LogP contribution in [0, 0.1) is 17.0 Å². The first-order valence-corrected chi connectivity index (χ1v) is 6.00. The van der Waals surface area contributed by atoms with E-state index in [0.29, 0.717) is 11.1 Å². The molecule has 20 heavy (non-hydrogen) atoms. The number of amides is 1. The lowest BCUT2D eigenvalue weighted by molar-refractivity contribution is -0.385. The molecule has 0 aliphatic rings. The van der Waals surface area contributed by atoms with Gasteiger partial charge in [-0.3, -0.25) is 19.6 Å². The minimum atomic E-state index is -0.495. The van der Waals surface area contributed by atoms with E-state index in [1.54, 1.807) is 37.0 Å². The second-order valence-electron chi connectivity index (χ2n) is 4.37. The first-order valence-electron chi connectivity index (χ1n) is 6.00. The van der Waals surface area contributed by atoms with Crippen molar-refractivity contribution in [1.82, 2.24) is 15.1 Å². The second kappa shape index (κ2) is 5.52. The van der Waals surface area contributed by atoms with Crippen molar-refractivity contribution < 1.29 is 9.72 Å². The fourth-order valence-electron chi connectivity index (χ4n) is 1.89. The van der Waals surface area contributed by atoms with Crippen molar-refractivity contribution in [3.05, 3.63) is 57.4 Å². The number of hydrogen-bond acceptors (Lipinski definition) is 4. The molecule has 2 aromatic rings. The molecule has 1 aromatic heterocycles. The fraction of sp³-hybridized carbons (Fsp3) is 0.231. The molecule has 104 valence electrons. The Labute approximate surface area is 115 Å². The third-order valence-corrected chi connectivity index (χ3v) is 2.95. The number of aryl methyl sites for hydroxylation is 1. The van der Waals surface area contributed by atoms with Gasteiger partial charge in [-0.25, -0.2) is 0 Å². The molecule has 0 atom stereocenters. The molecule has 1 amide bonds. The van der Waals surface area contributed by atoms with Gasteiger partial charge in [-0.2, -0.15) is 5.10 Å². The van der Waals surface area contributed by atoms with Gasteiger partial charge in [0.1, 0.15) is 0 Å². The summed E-state index contributed by atoms with van der Waals surface area (Å²) in [5, 5.41) is 17.7. The van der Waals surface area contributed by atoms with E-state index in [1.807, 2.05) is 0 Å². The van der Waals surface area contributed by atoms with Crippen LogP contribution in [0.3, 0.4) is 0 Å². The molecule has 0 spiro atoms. The van der Waals surface area contributed by atoms with Crippen LogP contribution in [0.25, 0.3) is 0 Å². The van der Waals surface area contributed by atoms with Gasteiger partial charge >= 0.3 is 0 Å². The molecule has 0 saturated heterocycles. The third-order valence-electron chi connectivity index (χ3n) is 2.95. The summed E-state index contributed by atoms with van der Waals surface area (Å²) in [6, 6.07) is 6.24. The van der Waals surface area contributed by atoms with Crippen molar-refractivity contribution in [3.63, 3.8) is 0 Å². The average molecular weight is 274 g/mol. The van der Waals surface area contributed by atoms with Gasteiger partial charge in [0.05, 0.1) is 17.2 Å². The monoisotopic (exact) mass is 274 g/mol. The Morgan fingerprint density at radius 3 is 2.80 bits per heavy atom. The van der Waals surface area contributed by atoms with Crippen molar-refractivity contribution in [3.8, 4) is 0 Å². The molecule has 0 bridgehead atoms. The second-order valence-corrected chi connectivity index (χ2v) is 4.37. The summed E-state index contributed by atoms with van der Waals surface area (Å²) < 4.78 is 1.64. The zero-order valence-corrected chi connectivity index (χ0v) is 11.2. The van der Waals surface area contributed by atoms with Crippen LogP contribution in [0.2, 0.25) is 0 Å². The maximum absolute atomic E-state index is 12.1. The van der Waals surface area contributed by atoms with Crippen LogP contribution < -0.4 is 5.32 Å². The Hall–Kier alpha value is -2.70. The minimum Gasteiger partial charge on any atom is -0.346 e. The number of nitro benzene ring substituents is 1. The number of carbonyl (C=O) groups excluding carboxylic acids is 1. The SMILES string of the molecule is Cc1c(C(=O)NCc2ccn(C)n2)cccc1[N+](=O)[O-]. The van der Waals surface area contributed by atoms with Gasteiger partial charge in [-0.1, -0.05) is 6.07 Å². The molecule has 7 heteroatoms. The minimum absolute atomic E-state index is 0.0597. The average Bonchev–Trinajstić information content (AvgIpc) is 2.81. The zero-order chi connectivity index (χ0) is 14.7. The fourth-order valence-corrected chi connectivity index (χ4v) is 1.89. The summed E-state index contributed by atoms with van der Waals surface area (Å²) in [6.45, 7) is 1.84. The molecule has 1 aromatic carbocycles. The molecule has 1 heterocycles. The molecule has 0 radical (unpaired) electrons. The highest BCUT2D eigenvalue weighted by atomic mass is 16.6. The quantitative estimate of drug-likeness (QED) is 0.676. The number of benzene rings is 1. The molecule has 0 aliphatic carbocycles. The van der Waals surface area contributed by atoms with Crippen molar-refractivity contribution in [1.29, 1.82) is 0 Å². The molecule has 2 rings (SSSR count). The highest BCUT2D eigenvalue weighted by Crippen LogP contribution is 2.20. The Balaban J connectivity index is 2.13.